The average Bonchev–Trinajstić information content (AvgIpc) is 3.20. The fourth-order valence-corrected chi connectivity index (χ4v) is 7.27. The van der Waals surface area contributed by atoms with E-state index < -0.39 is 41.8 Å². The molecule has 0 bridgehead atoms. The van der Waals surface area contributed by atoms with Crippen molar-refractivity contribution in [3.8, 4) is 34.1 Å². The lowest BCUT2D eigenvalue weighted by atomic mass is 9.92. The molecule has 2 aliphatic heterocycles. The SMILES string of the molecule is COC(=O)[C@H](Cc1ccc(-c2ccnc(C)c2C)cc1)NC(=O)[C@@H]1Cc2cc3c(cc2CN1C(=O)OC(C)(C)C)O[C@@H](c1ccc(Oc2cccc(Cl)c2)cc1)CO3. The molecule has 2 aliphatic rings. The van der Waals surface area contributed by atoms with Gasteiger partial charge in [-0.1, -0.05) is 54.1 Å². The van der Waals surface area contributed by atoms with Crippen molar-refractivity contribution in [1.82, 2.24) is 15.2 Å². The number of fused-ring (bicyclic) bond motifs is 2. The fraction of sp³-hybridized carbons (Fsp3) is 0.304. The minimum absolute atomic E-state index is 0.0669. The summed E-state index contributed by atoms with van der Waals surface area (Å²) in [6.45, 7) is 9.64. The topological polar surface area (TPSA) is 126 Å². The molecule has 58 heavy (non-hydrogen) atoms. The lowest BCUT2D eigenvalue weighted by Gasteiger charge is -2.38. The zero-order valence-corrected chi connectivity index (χ0v) is 34.1. The van der Waals surface area contributed by atoms with Gasteiger partial charge >= 0.3 is 12.1 Å². The molecule has 0 unspecified atom stereocenters. The Hall–Kier alpha value is -6.07. The summed E-state index contributed by atoms with van der Waals surface area (Å²) in [6.07, 6.45) is 1.07. The number of carbonyl (C=O) groups is 3. The second-order valence-corrected chi connectivity index (χ2v) is 15.9. The van der Waals surface area contributed by atoms with Crippen molar-refractivity contribution < 1.29 is 38.1 Å². The van der Waals surface area contributed by atoms with E-state index in [1.807, 2.05) is 92.7 Å². The van der Waals surface area contributed by atoms with E-state index in [1.165, 1.54) is 12.0 Å². The number of amides is 2. The van der Waals surface area contributed by atoms with E-state index in [0.29, 0.717) is 28.0 Å². The van der Waals surface area contributed by atoms with Crippen LogP contribution in [0.3, 0.4) is 0 Å². The largest absolute Gasteiger partial charge is 0.485 e. The minimum Gasteiger partial charge on any atom is -0.485 e. The summed E-state index contributed by atoms with van der Waals surface area (Å²) in [7, 11) is 1.28. The zero-order valence-electron chi connectivity index (χ0n) is 33.3. The number of aryl methyl sites for hydroxylation is 1. The number of halogens is 1. The van der Waals surface area contributed by atoms with Crippen LogP contribution in [0.25, 0.3) is 11.1 Å². The quantitative estimate of drug-likeness (QED) is 0.146. The first-order valence-corrected chi connectivity index (χ1v) is 19.5. The number of pyridine rings is 1. The molecule has 0 spiro atoms. The van der Waals surface area contributed by atoms with Crippen LogP contribution in [0.15, 0.2) is 97.2 Å². The van der Waals surface area contributed by atoms with Crippen molar-refractivity contribution in [2.75, 3.05) is 13.7 Å². The number of nitrogens with one attached hydrogen (secondary N) is 1. The van der Waals surface area contributed by atoms with Crippen molar-refractivity contribution in [2.45, 2.75) is 77.8 Å². The molecule has 0 saturated carbocycles. The van der Waals surface area contributed by atoms with Gasteiger partial charge in [0.25, 0.3) is 0 Å². The van der Waals surface area contributed by atoms with Gasteiger partial charge in [-0.05, 0) is 122 Å². The first-order valence-electron chi connectivity index (χ1n) is 19.1. The Labute approximate surface area is 343 Å². The Morgan fingerprint density at radius 3 is 2.38 bits per heavy atom. The van der Waals surface area contributed by atoms with Gasteiger partial charge in [-0.2, -0.15) is 0 Å². The van der Waals surface area contributed by atoms with E-state index >= 15 is 0 Å². The van der Waals surface area contributed by atoms with Crippen LogP contribution < -0.4 is 19.5 Å². The highest BCUT2D eigenvalue weighted by atomic mass is 35.5. The number of esters is 1. The molecule has 0 radical (unpaired) electrons. The number of benzene rings is 4. The molecule has 300 valence electrons. The maximum absolute atomic E-state index is 14.2. The number of rotatable bonds is 9. The van der Waals surface area contributed by atoms with Gasteiger partial charge in [0.1, 0.15) is 35.8 Å². The van der Waals surface area contributed by atoms with Crippen LogP contribution in [0.5, 0.6) is 23.0 Å². The lowest BCUT2D eigenvalue weighted by molar-refractivity contribution is -0.145. The number of carbonyl (C=O) groups excluding carboxylic acids is 3. The molecular weight excluding hydrogens is 758 g/mol. The molecule has 0 fully saturated rings. The van der Waals surface area contributed by atoms with Gasteiger partial charge < -0.3 is 29.0 Å². The van der Waals surface area contributed by atoms with Crippen LogP contribution >= 0.6 is 11.6 Å². The van der Waals surface area contributed by atoms with Crippen LogP contribution in [0.1, 0.15) is 60.4 Å². The van der Waals surface area contributed by atoms with Crippen LogP contribution in [-0.4, -0.2) is 59.3 Å². The summed E-state index contributed by atoms with van der Waals surface area (Å²) in [5.41, 5.74) is 6.63. The van der Waals surface area contributed by atoms with Gasteiger partial charge in [0.15, 0.2) is 17.6 Å². The molecule has 0 aliphatic carbocycles. The summed E-state index contributed by atoms with van der Waals surface area (Å²) in [6, 6.07) is 26.3. The van der Waals surface area contributed by atoms with Crippen molar-refractivity contribution in [2.24, 2.45) is 0 Å². The highest BCUT2D eigenvalue weighted by Crippen LogP contribution is 2.41. The highest BCUT2D eigenvalue weighted by molar-refractivity contribution is 6.30. The molecule has 5 aromatic rings. The normalized spacial score (nSPS) is 16.4. The van der Waals surface area contributed by atoms with Gasteiger partial charge in [-0.3, -0.25) is 14.7 Å². The number of hydrogen-bond acceptors (Lipinski definition) is 9. The van der Waals surface area contributed by atoms with E-state index in [0.717, 1.165) is 44.6 Å². The monoisotopic (exact) mass is 803 g/mol. The second-order valence-electron chi connectivity index (χ2n) is 15.5. The van der Waals surface area contributed by atoms with Crippen LogP contribution in [-0.2, 0) is 38.4 Å². The Balaban J connectivity index is 1.08. The minimum atomic E-state index is -1.01. The Kier molecular flexibility index (Phi) is 11.6. The first-order chi connectivity index (χ1) is 27.7. The van der Waals surface area contributed by atoms with E-state index in [4.69, 9.17) is 35.3 Å². The van der Waals surface area contributed by atoms with E-state index in [2.05, 4.69) is 10.3 Å². The average molecular weight is 804 g/mol. The molecular formula is C46H46ClN3O8. The third-order valence-electron chi connectivity index (χ3n) is 10.2. The summed E-state index contributed by atoms with van der Waals surface area (Å²) in [5.74, 6) is 1.23. The molecule has 7 rings (SSSR count). The molecule has 3 atom stereocenters. The van der Waals surface area contributed by atoms with Crippen molar-refractivity contribution in [3.05, 3.63) is 136 Å². The number of ether oxygens (including phenoxy) is 5. The molecule has 1 aromatic heterocycles. The van der Waals surface area contributed by atoms with Crippen molar-refractivity contribution >= 4 is 29.6 Å². The second kappa shape index (κ2) is 16.8. The van der Waals surface area contributed by atoms with E-state index in [9.17, 15) is 14.4 Å². The predicted octanol–water partition coefficient (Wildman–Crippen LogP) is 8.89. The Morgan fingerprint density at radius 2 is 1.67 bits per heavy atom. The predicted molar refractivity (Wildman–Crippen MR) is 219 cm³/mol. The van der Waals surface area contributed by atoms with Crippen molar-refractivity contribution in [1.29, 1.82) is 0 Å². The molecule has 3 heterocycles. The number of aromatic nitrogens is 1. The van der Waals surface area contributed by atoms with Crippen LogP contribution in [0, 0.1) is 13.8 Å². The van der Waals surface area contributed by atoms with E-state index in [-0.39, 0.29) is 26.0 Å². The Bertz CT molecular complexity index is 2320. The maximum atomic E-state index is 14.2. The molecule has 12 heteroatoms. The number of methoxy groups -OCH3 is 1. The molecule has 4 aromatic carbocycles. The van der Waals surface area contributed by atoms with Crippen LogP contribution in [0.4, 0.5) is 4.79 Å². The maximum Gasteiger partial charge on any atom is 0.411 e. The standard InChI is InChI=1S/C46H46ClN3O8/c1-27-28(2)48-19-18-37(27)30-12-10-29(11-13-30)20-38(44(52)54-6)49-43(51)39-21-32-22-40-41(23-33(32)25-50(39)45(53)58-46(3,4)5)57-42(26-55-40)31-14-16-35(17-15-31)56-36-9-7-8-34(47)24-36/h7-19,22-24,38-39,42H,20-21,25-26H2,1-6H3,(H,49,51)/t38-,39-,42+/m0/s1. The van der Waals surface area contributed by atoms with Crippen molar-refractivity contribution in [3.63, 3.8) is 0 Å². The zero-order chi connectivity index (χ0) is 41.1. The van der Waals surface area contributed by atoms with Gasteiger partial charge in [-0.25, -0.2) is 9.59 Å². The third-order valence-corrected chi connectivity index (χ3v) is 10.5. The van der Waals surface area contributed by atoms with Gasteiger partial charge in [0.05, 0.1) is 13.7 Å². The molecule has 1 N–H and O–H groups in total. The molecule has 2 amide bonds. The summed E-state index contributed by atoms with van der Waals surface area (Å²) >= 11 is 6.10. The van der Waals surface area contributed by atoms with Gasteiger partial charge in [0.2, 0.25) is 5.91 Å². The molecule has 11 nitrogen and oxygen atoms in total. The lowest BCUT2D eigenvalue weighted by Crippen LogP contribution is -2.56. The summed E-state index contributed by atoms with van der Waals surface area (Å²) in [4.78, 5) is 46.8. The molecule has 0 saturated heterocycles. The highest BCUT2D eigenvalue weighted by Gasteiger charge is 2.40. The summed E-state index contributed by atoms with van der Waals surface area (Å²) in [5, 5.41) is 3.48. The number of nitrogens with zero attached hydrogens (tertiary/aromatic N) is 2. The Morgan fingerprint density at radius 1 is 0.931 bits per heavy atom. The van der Waals surface area contributed by atoms with Gasteiger partial charge in [-0.15, -0.1) is 0 Å². The third kappa shape index (κ3) is 9.21. The summed E-state index contributed by atoms with van der Waals surface area (Å²) < 4.78 is 29.5. The van der Waals surface area contributed by atoms with Crippen LogP contribution in [0.2, 0.25) is 5.02 Å². The first kappa shape index (κ1) is 40.1. The number of hydrogen-bond donors (Lipinski definition) is 1. The fourth-order valence-electron chi connectivity index (χ4n) is 7.09. The van der Waals surface area contributed by atoms with Gasteiger partial charge in [0, 0.05) is 29.8 Å². The van der Waals surface area contributed by atoms with E-state index in [1.54, 1.807) is 39.1 Å². The smallest absolute Gasteiger partial charge is 0.411 e.